The zero-order valence-corrected chi connectivity index (χ0v) is 11.8. The Labute approximate surface area is 125 Å². The van der Waals surface area contributed by atoms with Crippen LogP contribution in [0.2, 0.25) is 10.0 Å². The van der Waals surface area contributed by atoms with E-state index in [1.165, 1.54) is 24.3 Å². The molecule has 0 saturated carbocycles. The third-order valence-corrected chi connectivity index (χ3v) is 3.70. The number of hydrogen-bond donors (Lipinski definition) is 2. The second-order valence-corrected chi connectivity index (χ2v) is 5.07. The Morgan fingerprint density at radius 3 is 2.15 bits per heavy atom. The minimum atomic E-state index is -0.682. The smallest absolute Gasteiger partial charge is 0.129 e. The first kappa shape index (κ1) is 15.2. The molecule has 0 fully saturated rings. The maximum absolute atomic E-state index is 13.9. The van der Waals surface area contributed by atoms with Crippen LogP contribution in [0.5, 0.6) is 0 Å². The van der Waals surface area contributed by atoms with E-state index < -0.39 is 17.7 Å². The lowest BCUT2D eigenvalue weighted by molar-refractivity contribution is 0.499. The van der Waals surface area contributed by atoms with Gasteiger partial charge in [0.2, 0.25) is 0 Å². The van der Waals surface area contributed by atoms with Crippen molar-refractivity contribution in [1.29, 1.82) is 0 Å². The first-order valence-corrected chi connectivity index (χ1v) is 6.63. The van der Waals surface area contributed by atoms with E-state index in [1.54, 1.807) is 12.1 Å². The van der Waals surface area contributed by atoms with Gasteiger partial charge in [-0.3, -0.25) is 11.3 Å². The summed E-state index contributed by atoms with van der Waals surface area (Å²) in [6, 6.07) is 7.99. The van der Waals surface area contributed by atoms with Gasteiger partial charge in [0.15, 0.2) is 0 Å². The molecule has 2 aromatic rings. The van der Waals surface area contributed by atoms with Gasteiger partial charge in [-0.25, -0.2) is 8.78 Å². The van der Waals surface area contributed by atoms with Crippen LogP contribution < -0.4 is 11.3 Å². The number of hydrazine groups is 1. The maximum atomic E-state index is 13.9. The third-order valence-electron chi connectivity index (χ3n) is 3.02. The molecule has 6 heteroatoms. The lowest BCUT2D eigenvalue weighted by Crippen LogP contribution is -2.30. The molecule has 106 valence electrons. The van der Waals surface area contributed by atoms with Gasteiger partial charge in [0, 0.05) is 21.2 Å². The maximum Gasteiger partial charge on any atom is 0.129 e. The second kappa shape index (κ2) is 6.50. The van der Waals surface area contributed by atoms with E-state index in [2.05, 4.69) is 5.43 Å². The molecule has 0 radical (unpaired) electrons. The van der Waals surface area contributed by atoms with Crippen molar-refractivity contribution in [2.75, 3.05) is 0 Å². The monoisotopic (exact) mass is 316 g/mol. The summed E-state index contributed by atoms with van der Waals surface area (Å²) in [4.78, 5) is 0. The van der Waals surface area contributed by atoms with Gasteiger partial charge in [-0.05, 0) is 30.7 Å². The first-order valence-electron chi connectivity index (χ1n) is 5.87. The van der Waals surface area contributed by atoms with E-state index in [9.17, 15) is 8.78 Å². The summed E-state index contributed by atoms with van der Waals surface area (Å²) >= 11 is 11.9. The molecule has 0 spiro atoms. The fourth-order valence-corrected chi connectivity index (χ4v) is 2.55. The van der Waals surface area contributed by atoms with Crippen molar-refractivity contribution in [3.05, 3.63) is 69.2 Å². The average Bonchev–Trinajstić information content (AvgIpc) is 2.40. The molecule has 0 saturated heterocycles. The van der Waals surface area contributed by atoms with Crippen LogP contribution in [0.15, 0.2) is 36.4 Å². The summed E-state index contributed by atoms with van der Waals surface area (Å²) in [7, 11) is 0. The Kier molecular flexibility index (Phi) is 4.94. The molecule has 0 aliphatic rings. The van der Waals surface area contributed by atoms with Crippen molar-refractivity contribution >= 4 is 23.2 Å². The first-order chi connectivity index (χ1) is 9.54. The highest BCUT2D eigenvalue weighted by Crippen LogP contribution is 2.30. The van der Waals surface area contributed by atoms with E-state index in [4.69, 9.17) is 29.0 Å². The molecule has 0 amide bonds. The van der Waals surface area contributed by atoms with Crippen LogP contribution in [-0.4, -0.2) is 0 Å². The van der Waals surface area contributed by atoms with Crippen LogP contribution in [0.3, 0.4) is 0 Å². The van der Waals surface area contributed by atoms with Gasteiger partial charge >= 0.3 is 0 Å². The van der Waals surface area contributed by atoms with E-state index in [0.29, 0.717) is 0 Å². The van der Waals surface area contributed by atoms with Crippen LogP contribution >= 0.6 is 23.2 Å². The van der Waals surface area contributed by atoms with Crippen molar-refractivity contribution in [3.8, 4) is 0 Å². The average molecular weight is 317 g/mol. The number of hydrogen-bond acceptors (Lipinski definition) is 2. The summed E-state index contributed by atoms with van der Waals surface area (Å²) in [6.45, 7) is 0. The van der Waals surface area contributed by atoms with Gasteiger partial charge in [0.05, 0.1) is 6.04 Å². The van der Waals surface area contributed by atoms with Crippen LogP contribution in [0.4, 0.5) is 8.78 Å². The molecular weight excluding hydrogens is 305 g/mol. The van der Waals surface area contributed by atoms with Gasteiger partial charge < -0.3 is 0 Å². The molecule has 0 heterocycles. The van der Waals surface area contributed by atoms with Crippen molar-refractivity contribution in [1.82, 2.24) is 5.43 Å². The van der Waals surface area contributed by atoms with Gasteiger partial charge in [0.25, 0.3) is 0 Å². The lowest BCUT2D eigenvalue weighted by atomic mass is 9.98. The Bertz CT molecular complexity index is 580. The fraction of sp³-hybridized carbons (Fsp3) is 0.143. The van der Waals surface area contributed by atoms with Gasteiger partial charge in [-0.15, -0.1) is 0 Å². The molecule has 2 rings (SSSR count). The highest BCUT2D eigenvalue weighted by atomic mass is 35.5. The number of rotatable bonds is 4. The van der Waals surface area contributed by atoms with E-state index >= 15 is 0 Å². The minimum absolute atomic E-state index is 0.0860. The predicted molar refractivity (Wildman–Crippen MR) is 76.6 cm³/mol. The van der Waals surface area contributed by atoms with Crippen molar-refractivity contribution in [3.63, 3.8) is 0 Å². The van der Waals surface area contributed by atoms with Gasteiger partial charge in [-0.1, -0.05) is 35.3 Å². The zero-order valence-electron chi connectivity index (χ0n) is 10.3. The Morgan fingerprint density at radius 2 is 1.60 bits per heavy atom. The number of nitrogens with one attached hydrogen (secondary N) is 1. The van der Waals surface area contributed by atoms with Crippen molar-refractivity contribution in [2.24, 2.45) is 5.84 Å². The summed E-state index contributed by atoms with van der Waals surface area (Å²) in [5, 5.41) is 0.484. The SMILES string of the molecule is NNC(Cc1c(F)cccc1Cl)c1c(F)cccc1Cl. The van der Waals surface area contributed by atoms with E-state index in [1.807, 2.05) is 0 Å². The molecule has 1 unspecified atom stereocenters. The Morgan fingerprint density at radius 1 is 1.00 bits per heavy atom. The van der Waals surface area contributed by atoms with Crippen LogP contribution in [0, 0.1) is 11.6 Å². The minimum Gasteiger partial charge on any atom is -0.271 e. The molecule has 20 heavy (non-hydrogen) atoms. The summed E-state index contributed by atoms with van der Waals surface area (Å²) < 4.78 is 27.7. The second-order valence-electron chi connectivity index (χ2n) is 4.26. The Balaban J connectivity index is 2.39. The largest absolute Gasteiger partial charge is 0.271 e. The summed E-state index contributed by atoms with van der Waals surface area (Å²) in [6.07, 6.45) is 0.0860. The molecule has 1 atom stereocenters. The van der Waals surface area contributed by atoms with Crippen molar-refractivity contribution < 1.29 is 8.78 Å². The fourth-order valence-electron chi connectivity index (χ4n) is 2.02. The van der Waals surface area contributed by atoms with Gasteiger partial charge in [0.1, 0.15) is 11.6 Å². The summed E-state index contributed by atoms with van der Waals surface area (Å²) in [5.74, 6) is 4.48. The van der Waals surface area contributed by atoms with Crippen LogP contribution in [-0.2, 0) is 6.42 Å². The molecule has 2 aromatic carbocycles. The zero-order chi connectivity index (χ0) is 14.7. The quantitative estimate of drug-likeness (QED) is 0.660. The molecule has 0 bridgehead atoms. The number of halogens is 4. The van der Waals surface area contributed by atoms with E-state index in [0.717, 1.165) is 0 Å². The topological polar surface area (TPSA) is 38.0 Å². The van der Waals surface area contributed by atoms with E-state index in [-0.39, 0.29) is 27.6 Å². The third kappa shape index (κ3) is 3.10. The lowest BCUT2D eigenvalue weighted by Gasteiger charge is -2.19. The summed E-state index contributed by atoms with van der Waals surface area (Å²) in [5.41, 5.74) is 2.90. The van der Waals surface area contributed by atoms with Crippen LogP contribution in [0.1, 0.15) is 17.2 Å². The molecular formula is C14H12Cl2F2N2. The standard InChI is InChI=1S/C14H12Cl2F2N2/c15-9-3-1-5-11(17)8(9)7-13(20-19)14-10(16)4-2-6-12(14)18/h1-6,13,20H,7,19H2. The normalized spacial score (nSPS) is 12.4. The molecule has 0 aliphatic carbocycles. The van der Waals surface area contributed by atoms with Crippen LogP contribution in [0.25, 0.3) is 0 Å². The molecule has 3 N–H and O–H groups in total. The molecule has 0 aromatic heterocycles. The number of benzene rings is 2. The predicted octanol–water partition coefficient (Wildman–Crippen LogP) is 4.02. The molecule has 2 nitrogen and oxygen atoms in total. The highest BCUT2D eigenvalue weighted by molar-refractivity contribution is 6.31. The van der Waals surface area contributed by atoms with Crippen molar-refractivity contribution in [2.45, 2.75) is 12.5 Å². The Hall–Kier alpha value is -1.20. The molecule has 0 aliphatic heterocycles. The number of nitrogens with two attached hydrogens (primary N) is 1. The highest BCUT2D eigenvalue weighted by Gasteiger charge is 2.21. The van der Waals surface area contributed by atoms with Gasteiger partial charge in [-0.2, -0.15) is 0 Å².